The van der Waals surface area contributed by atoms with Crippen LogP contribution in [-0.4, -0.2) is 29.4 Å². The van der Waals surface area contributed by atoms with Gasteiger partial charge in [-0.2, -0.15) is 0 Å². The Morgan fingerprint density at radius 3 is 2.33 bits per heavy atom. The largest absolute Gasteiger partial charge is 0.300 e. The summed E-state index contributed by atoms with van der Waals surface area (Å²) in [4.78, 5) is 2.89. The predicted octanol–water partition coefficient (Wildman–Crippen LogP) is 4.60. The minimum atomic E-state index is 0.626. The quantitative estimate of drug-likeness (QED) is 0.686. The van der Waals surface area contributed by atoms with Crippen molar-refractivity contribution in [1.29, 1.82) is 0 Å². The molecule has 1 nitrogen and oxygen atoms in total. The summed E-state index contributed by atoms with van der Waals surface area (Å²) in [6, 6.07) is 0.948. The molecule has 1 saturated heterocycles. The number of likely N-dealkylation sites (tertiary alicyclic amines) is 1. The summed E-state index contributed by atoms with van der Waals surface area (Å²) in [7, 11) is 0. The average molecular weight is 314 g/mol. The summed E-state index contributed by atoms with van der Waals surface area (Å²) in [5, 5.41) is 1.23. The van der Waals surface area contributed by atoms with Crippen LogP contribution in [0.3, 0.4) is 0 Å². The SMILES string of the molecule is BrCC1(CN2CCCC2C2CCCC2)CCCC1. The average Bonchev–Trinajstić information content (AvgIpc) is 3.10. The van der Waals surface area contributed by atoms with E-state index in [-0.39, 0.29) is 0 Å². The first-order valence-electron chi connectivity index (χ1n) is 8.13. The number of hydrogen-bond donors (Lipinski definition) is 0. The van der Waals surface area contributed by atoms with Gasteiger partial charge in [0.2, 0.25) is 0 Å². The maximum Gasteiger partial charge on any atom is 0.0124 e. The highest BCUT2D eigenvalue weighted by Crippen LogP contribution is 2.43. The van der Waals surface area contributed by atoms with Crippen molar-refractivity contribution in [3.8, 4) is 0 Å². The van der Waals surface area contributed by atoms with E-state index in [9.17, 15) is 0 Å². The molecule has 18 heavy (non-hydrogen) atoms. The minimum Gasteiger partial charge on any atom is -0.300 e. The Morgan fingerprint density at radius 2 is 1.67 bits per heavy atom. The number of halogens is 1. The fraction of sp³-hybridized carbons (Fsp3) is 1.00. The van der Waals surface area contributed by atoms with Crippen LogP contribution in [0, 0.1) is 11.3 Å². The molecular weight excluding hydrogens is 286 g/mol. The maximum atomic E-state index is 3.82. The Morgan fingerprint density at radius 1 is 0.944 bits per heavy atom. The van der Waals surface area contributed by atoms with Crippen molar-refractivity contribution in [1.82, 2.24) is 4.90 Å². The lowest BCUT2D eigenvalue weighted by Gasteiger charge is -2.37. The van der Waals surface area contributed by atoms with Crippen LogP contribution in [-0.2, 0) is 0 Å². The van der Waals surface area contributed by atoms with Crippen LogP contribution < -0.4 is 0 Å². The van der Waals surface area contributed by atoms with E-state index in [1.54, 1.807) is 0 Å². The molecule has 2 saturated carbocycles. The third-order valence-corrected chi connectivity index (χ3v) is 7.03. The molecular formula is C16H28BrN. The van der Waals surface area contributed by atoms with Crippen molar-refractivity contribution in [2.24, 2.45) is 11.3 Å². The van der Waals surface area contributed by atoms with Crippen molar-refractivity contribution in [2.75, 3.05) is 18.4 Å². The first kappa shape index (κ1) is 13.4. The lowest BCUT2D eigenvalue weighted by Crippen LogP contribution is -2.42. The van der Waals surface area contributed by atoms with Gasteiger partial charge in [0.25, 0.3) is 0 Å². The van der Waals surface area contributed by atoms with Gasteiger partial charge in [0.05, 0.1) is 0 Å². The molecule has 0 aromatic heterocycles. The summed E-state index contributed by atoms with van der Waals surface area (Å²) in [5.41, 5.74) is 0.626. The smallest absolute Gasteiger partial charge is 0.0124 e. The van der Waals surface area contributed by atoms with Crippen molar-refractivity contribution in [3.63, 3.8) is 0 Å². The lowest BCUT2D eigenvalue weighted by atomic mass is 9.87. The molecule has 0 radical (unpaired) electrons. The molecule has 1 aliphatic heterocycles. The van der Waals surface area contributed by atoms with Crippen LogP contribution in [0.1, 0.15) is 64.2 Å². The van der Waals surface area contributed by atoms with E-state index < -0.39 is 0 Å². The van der Waals surface area contributed by atoms with Crippen LogP contribution in [0.2, 0.25) is 0 Å². The van der Waals surface area contributed by atoms with E-state index in [4.69, 9.17) is 0 Å². The Labute approximate surface area is 121 Å². The minimum absolute atomic E-state index is 0.626. The Hall–Kier alpha value is 0.440. The molecule has 0 spiro atoms. The molecule has 0 N–H and O–H groups in total. The molecule has 1 unspecified atom stereocenters. The van der Waals surface area contributed by atoms with Gasteiger partial charge in [0, 0.05) is 17.9 Å². The normalized spacial score (nSPS) is 33.5. The zero-order valence-corrected chi connectivity index (χ0v) is 13.3. The van der Waals surface area contributed by atoms with Crippen molar-refractivity contribution in [3.05, 3.63) is 0 Å². The first-order chi connectivity index (χ1) is 8.83. The van der Waals surface area contributed by atoms with Crippen LogP contribution in [0.15, 0.2) is 0 Å². The summed E-state index contributed by atoms with van der Waals surface area (Å²) >= 11 is 3.82. The number of alkyl halides is 1. The highest BCUT2D eigenvalue weighted by molar-refractivity contribution is 9.09. The number of rotatable bonds is 4. The van der Waals surface area contributed by atoms with Crippen molar-refractivity contribution >= 4 is 15.9 Å². The van der Waals surface area contributed by atoms with Crippen molar-refractivity contribution < 1.29 is 0 Å². The molecule has 3 fully saturated rings. The third-order valence-electron chi connectivity index (χ3n) is 5.84. The van der Waals surface area contributed by atoms with E-state index in [1.807, 2.05) is 0 Å². The number of nitrogens with zero attached hydrogens (tertiary/aromatic N) is 1. The first-order valence-corrected chi connectivity index (χ1v) is 9.25. The molecule has 0 bridgehead atoms. The van der Waals surface area contributed by atoms with Gasteiger partial charge in [0.1, 0.15) is 0 Å². The zero-order chi connectivity index (χ0) is 12.4. The maximum absolute atomic E-state index is 3.82. The van der Waals surface area contributed by atoms with E-state index in [0.717, 1.165) is 12.0 Å². The Kier molecular flexibility index (Phi) is 4.35. The fourth-order valence-electron chi connectivity index (χ4n) is 4.81. The van der Waals surface area contributed by atoms with E-state index in [2.05, 4.69) is 20.8 Å². The van der Waals surface area contributed by atoms with Gasteiger partial charge in [-0.05, 0) is 56.4 Å². The second kappa shape index (κ2) is 5.83. The number of hydrogen-bond acceptors (Lipinski definition) is 1. The summed E-state index contributed by atoms with van der Waals surface area (Å²) < 4.78 is 0. The van der Waals surface area contributed by atoms with Gasteiger partial charge in [0.15, 0.2) is 0 Å². The highest BCUT2D eigenvalue weighted by atomic mass is 79.9. The molecule has 3 rings (SSSR count). The topological polar surface area (TPSA) is 3.24 Å². The highest BCUT2D eigenvalue weighted by Gasteiger charge is 2.40. The van der Waals surface area contributed by atoms with Gasteiger partial charge in [-0.25, -0.2) is 0 Å². The Bertz CT molecular complexity index is 266. The molecule has 3 aliphatic rings. The fourth-order valence-corrected chi connectivity index (χ4v) is 5.55. The standard InChI is InChI=1S/C16H28BrN/c17-12-16(9-3-4-10-16)13-18-11-5-8-15(18)14-6-1-2-7-14/h14-15H,1-13H2. The summed E-state index contributed by atoms with van der Waals surface area (Å²) in [5.74, 6) is 1.04. The van der Waals surface area contributed by atoms with E-state index in [1.165, 1.54) is 82.6 Å². The molecule has 0 aromatic rings. The van der Waals surface area contributed by atoms with Crippen LogP contribution in [0.4, 0.5) is 0 Å². The second-order valence-electron chi connectivity index (χ2n) is 7.07. The molecule has 0 aromatic carbocycles. The Balaban J connectivity index is 1.63. The summed E-state index contributed by atoms with van der Waals surface area (Å²) in [6.07, 6.45) is 14.8. The molecule has 2 heteroatoms. The van der Waals surface area contributed by atoms with Crippen LogP contribution in [0.25, 0.3) is 0 Å². The summed E-state index contributed by atoms with van der Waals surface area (Å²) in [6.45, 7) is 2.77. The van der Waals surface area contributed by atoms with Gasteiger partial charge in [-0.15, -0.1) is 0 Å². The molecule has 1 atom stereocenters. The van der Waals surface area contributed by atoms with Crippen LogP contribution >= 0.6 is 15.9 Å². The van der Waals surface area contributed by atoms with Crippen LogP contribution in [0.5, 0.6) is 0 Å². The molecule has 0 amide bonds. The van der Waals surface area contributed by atoms with Gasteiger partial charge >= 0.3 is 0 Å². The second-order valence-corrected chi connectivity index (χ2v) is 7.63. The molecule has 104 valence electrons. The zero-order valence-electron chi connectivity index (χ0n) is 11.7. The van der Waals surface area contributed by atoms with E-state index >= 15 is 0 Å². The third kappa shape index (κ3) is 2.65. The lowest BCUT2D eigenvalue weighted by molar-refractivity contribution is 0.126. The monoisotopic (exact) mass is 313 g/mol. The molecule has 2 aliphatic carbocycles. The van der Waals surface area contributed by atoms with Gasteiger partial charge < -0.3 is 0 Å². The molecule has 1 heterocycles. The van der Waals surface area contributed by atoms with Crippen molar-refractivity contribution in [2.45, 2.75) is 70.3 Å². The van der Waals surface area contributed by atoms with Gasteiger partial charge in [-0.1, -0.05) is 41.6 Å². The predicted molar refractivity (Wildman–Crippen MR) is 81.2 cm³/mol. The van der Waals surface area contributed by atoms with E-state index in [0.29, 0.717) is 5.41 Å². The van der Waals surface area contributed by atoms with Gasteiger partial charge in [-0.3, -0.25) is 4.90 Å².